The van der Waals surface area contributed by atoms with E-state index in [1.807, 2.05) is 6.07 Å². The van der Waals surface area contributed by atoms with Crippen LogP contribution < -0.4 is 15.0 Å². The summed E-state index contributed by atoms with van der Waals surface area (Å²) in [7, 11) is 3.94. The number of nitrogens with one attached hydrogen (secondary N) is 1. The third kappa shape index (κ3) is 2.38. The molecule has 1 spiro atoms. The van der Waals surface area contributed by atoms with Crippen LogP contribution in [-0.2, 0) is 0 Å². The summed E-state index contributed by atoms with van der Waals surface area (Å²) in [6.07, 6.45) is 6.89. The molecule has 0 amide bonds. The SMILES string of the molecule is COc1ccc2c(c1)N(C)CC1(CCCCC1)CN2. The number of nitrogens with zero attached hydrogens (tertiary/aromatic N) is 1. The standard InChI is InChI=1S/C16H24N2O/c1-18-12-16(8-4-3-5-9-16)11-17-14-7-6-13(19-2)10-15(14)18/h6-7,10,17H,3-5,8-9,11-12H2,1-2H3. The molecule has 1 aromatic rings. The van der Waals surface area contributed by atoms with E-state index in [9.17, 15) is 0 Å². The summed E-state index contributed by atoms with van der Waals surface area (Å²) in [5, 5.41) is 3.67. The first-order valence-corrected chi connectivity index (χ1v) is 7.36. The van der Waals surface area contributed by atoms with Gasteiger partial charge in [-0.3, -0.25) is 0 Å². The average Bonchev–Trinajstić information content (AvgIpc) is 2.57. The van der Waals surface area contributed by atoms with Gasteiger partial charge in [0.25, 0.3) is 0 Å². The summed E-state index contributed by atoms with van der Waals surface area (Å²) in [5.41, 5.74) is 2.96. The molecule has 0 atom stereocenters. The summed E-state index contributed by atoms with van der Waals surface area (Å²) in [5.74, 6) is 0.937. The highest BCUT2D eigenvalue weighted by Crippen LogP contribution is 2.42. The van der Waals surface area contributed by atoms with E-state index in [4.69, 9.17) is 4.74 Å². The molecule has 1 aliphatic carbocycles. The van der Waals surface area contributed by atoms with Gasteiger partial charge in [0.05, 0.1) is 18.5 Å². The van der Waals surface area contributed by atoms with Crippen LogP contribution in [0.25, 0.3) is 0 Å². The highest BCUT2D eigenvalue weighted by atomic mass is 16.5. The molecule has 3 nitrogen and oxygen atoms in total. The molecular weight excluding hydrogens is 236 g/mol. The fourth-order valence-corrected chi connectivity index (χ4v) is 3.67. The first kappa shape index (κ1) is 12.6. The molecule has 0 bridgehead atoms. The van der Waals surface area contributed by atoms with Crippen LogP contribution in [0.15, 0.2) is 18.2 Å². The quantitative estimate of drug-likeness (QED) is 0.836. The van der Waals surface area contributed by atoms with Gasteiger partial charge in [0.15, 0.2) is 0 Å². The lowest BCUT2D eigenvalue weighted by molar-refractivity contribution is 0.215. The van der Waals surface area contributed by atoms with Crippen molar-refractivity contribution in [2.75, 3.05) is 37.5 Å². The predicted molar refractivity (Wildman–Crippen MR) is 80.3 cm³/mol. The van der Waals surface area contributed by atoms with Gasteiger partial charge in [-0.1, -0.05) is 19.3 Å². The molecule has 0 aromatic heterocycles. The number of fused-ring (bicyclic) bond motifs is 1. The van der Waals surface area contributed by atoms with Crippen molar-refractivity contribution < 1.29 is 4.74 Å². The summed E-state index contributed by atoms with van der Waals surface area (Å²) >= 11 is 0. The average molecular weight is 260 g/mol. The molecule has 1 aliphatic heterocycles. The molecule has 3 heteroatoms. The van der Waals surface area contributed by atoms with Crippen molar-refractivity contribution in [1.82, 2.24) is 0 Å². The van der Waals surface area contributed by atoms with Gasteiger partial charge < -0.3 is 15.0 Å². The summed E-state index contributed by atoms with van der Waals surface area (Å²) in [4.78, 5) is 2.41. The molecule has 0 radical (unpaired) electrons. The molecule has 0 saturated heterocycles. The zero-order valence-electron chi connectivity index (χ0n) is 12.0. The van der Waals surface area contributed by atoms with Crippen LogP contribution in [0.5, 0.6) is 5.75 Å². The van der Waals surface area contributed by atoms with E-state index < -0.39 is 0 Å². The third-order valence-corrected chi connectivity index (χ3v) is 4.76. The van der Waals surface area contributed by atoms with Gasteiger partial charge >= 0.3 is 0 Å². The van der Waals surface area contributed by atoms with Crippen molar-refractivity contribution in [1.29, 1.82) is 0 Å². The monoisotopic (exact) mass is 260 g/mol. The lowest BCUT2D eigenvalue weighted by Gasteiger charge is -2.38. The number of anilines is 2. The summed E-state index contributed by atoms with van der Waals surface area (Å²) < 4.78 is 5.35. The number of hydrogen-bond donors (Lipinski definition) is 1. The van der Waals surface area contributed by atoms with Gasteiger partial charge in [-0.15, -0.1) is 0 Å². The molecule has 1 N–H and O–H groups in total. The van der Waals surface area contributed by atoms with Crippen molar-refractivity contribution in [3.8, 4) is 5.75 Å². The largest absolute Gasteiger partial charge is 0.497 e. The Morgan fingerprint density at radius 1 is 1.21 bits per heavy atom. The number of hydrogen-bond acceptors (Lipinski definition) is 3. The molecule has 1 heterocycles. The third-order valence-electron chi connectivity index (χ3n) is 4.76. The zero-order chi connectivity index (χ0) is 13.3. The summed E-state index contributed by atoms with van der Waals surface area (Å²) in [6.45, 7) is 2.26. The van der Waals surface area contributed by atoms with Gasteiger partial charge in [-0.2, -0.15) is 0 Å². The molecule has 2 aliphatic rings. The fraction of sp³-hybridized carbons (Fsp3) is 0.625. The number of rotatable bonds is 1. The van der Waals surface area contributed by atoms with Crippen LogP contribution in [0.2, 0.25) is 0 Å². The Morgan fingerprint density at radius 2 is 2.00 bits per heavy atom. The van der Waals surface area contributed by atoms with E-state index in [1.54, 1.807) is 7.11 Å². The highest BCUT2D eigenvalue weighted by molar-refractivity contribution is 5.72. The molecular formula is C16H24N2O. The summed E-state index contributed by atoms with van der Waals surface area (Å²) in [6, 6.07) is 6.33. The van der Waals surface area contributed by atoms with Gasteiger partial charge in [0.1, 0.15) is 5.75 Å². The maximum atomic E-state index is 5.35. The van der Waals surface area contributed by atoms with E-state index >= 15 is 0 Å². The Balaban J connectivity index is 1.89. The van der Waals surface area contributed by atoms with Gasteiger partial charge in [0, 0.05) is 31.6 Å². The topological polar surface area (TPSA) is 24.5 Å². The fourth-order valence-electron chi connectivity index (χ4n) is 3.67. The van der Waals surface area contributed by atoms with Crippen molar-refractivity contribution >= 4 is 11.4 Å². The number of methoxy groups -OCH3 is 1. The van der Waals surface area contributed by atoms with Gasteiger partial charge in [-0.25, -0.2) is 0 Å². The molecule has 3 rings (SSSR count). The molecule has 1 saturated carbocycles. The Hall–Kier alpha value is -1.38. The van der Waals surface area contributed by atoms with Crippen molar-refractivity contribution in [3.63, 3.8) is 0 Å². The minimum absolute atomic E-state index is 0.458. The van der Waals surface area contributed by atoms with E-state index in [0.29, 0.717) is 5.41 Å². The minimum atomic E-state index is 0.458. The van der Waals surface area contributed by atoms with Crippen LogP contribution in [-0.4, -0.2) is 27.2 Å². The first-order chi connectivity index (χ1) is 9.22. The second kappa shape index (κ2) is 4.95. The molecule has 19 heavy (non-hydrogen) atoms. The van der Waals surface area contributed by atoms with Crippen LogP contribution in [0.4, 0.5) is 11.4 Å². The Morgan fingerprint density at radius 3 is 2.74 bits per heavy atom. The molecule has 1 fully saturated rings. The maximum absolute atomic E-state index is 5.35. The van der Waals surface area contributed by atoms with E-state index in [-0.39, 0.29) is 0 Å². The smallest absolute Gasteiger partial charge is 0.121 e. The highest BCUT2D eigenvalue weighted by Gasteiger charge is 2.35. The second-order valence-corrected chi connectivity index (χ2v) is 6.15. The lowest BCUT2D eigenvalue weighted by Crippen LogP contribution is -2.40. The zero-order valence-corrected chi connectivity index (χ0v) is 12.0. The predicted octanol–water partition coefficient (Wildman–Crippen LogP) is 3.51. The van der Waals surface area contributed by atoms with Crippen LogP contribution >= 0.6 is 0 Å². The van der Waals surface area contributed by atoms with Crippen LogP contribution in [0.1, 0.15) is 32.1 Å². The Bertz CT molecular complexity index is 452. The van der Waals surface area contributed by atoms with Gasteiger partial charge in [-0.05, 0) is 25.0 Å². The minimum Gasteiger partial charge on any atom is -0.497 e. The normalized spacial score (nSPS) is 21.5. The van der Waals surface area contributed by atoms with Crippen LogP contribution in [0, 0.1) is 5.41 Å². The number of ether oxygens (including phenoxy) is 1. The molecule has 104 valence electrons. The van der Waals surface area contributed by atoms with Gasteiger partial charge in [0.2, 0.25) is 0 Å². The Labute approximate surface area is 115 Å². The Kier molecular flexibility index (Phi) is 3.29. The molecule has 0 unspecified atom stereocenters. The maximum Gasteiger partial charge on any atom is 0.121 e. The van der Waals surface area contributed by atoms with Crippen LogP contribution in [0.3, 0.4) is 0 Å². The molecule has 1 aromatic carbocycles. The van der Waals surface area contributed by atoms with E-state index in [2.05, 4.69) is 29.4 Å². The first-order valence-electron chi connectivity index (χ1n) is 7.36. The lowest BCUT2D eigenvalue weighted by atomic mass is 9.74. The number of benzene rings is 1. The second-order valence-electron chi connectivity index (χ2n) is 6.15. The van der Waals surface area contributed by atoms with E-state index in [1.165, 1.54) is 43.5 Å². The van der Waals surface area contributed by atoms with Crippen molar-refractivity contribution in [2.24, 2.45) is 5.41 Å². The van der Waals surface area contributed by atoms with Crippen molar-refractivity contribution in [3.05, 3.63) is 18.2 Å². The van der Waals surface area contributed by atoms with Crippen molar-refractivity contribution in [2.45, 2.75) is 32.1 Å². The van der Waals surface area contributed by atoms with E-state index in [0.717, 1.165) is 18.8 Å².